The fourth-order valence-corrected chi connectivity index (χ4v) is 7.96. The molecule has 0 radical (unpaired) electrons. The Kier molecular flexibility index (Phi) is 41.1. The van der Waals surface area contributed by atoms with Crippen LogP contribution in [0.1, 0.15) is 207 Å². The van der Waals surface area contributed by atoms with Crippen LogP contribution in [-0.4, -0.2) is 99.6 Å². The third-order valence-electron chi connectivity index (χ3n) is 12.3. The molecule has 11 nitrogen and oxygen atoms in total. The predicted octanol–water partition coefficient (Wildman–Crippen LogP) is 11.3. The first-order valence-corrected chi connectivity index (χ1v) is 26.8. The molecule has 386 valence electrons. The molecule has 67 heavy (non-hydrogen) atoms. The number of unbranched alkanes of at least 4 members (excludes halogenated alkanes) is 23. The van der Waals surface area contributed by atoms with Crippen molar-refractivity contribution in [3.63, 3.8) is 0 Å². The van der Waals surface area contributed by atoms with E-state index >= 15 is 0 Å². The van der Waals surface area contributed by atoms with Crippen LogP contribution in [0.5, 0.6) is 0 Å². The van der Waals surface area contributed by atoms with Crippen molar-refractivity contribution in [1.29, 1.82) is 0 Å². The molecular weight excluding hydrogens is 847 g/mol. The number of rotatable bonds is 43. The zero-order chi connectivity index (χ0) is 49.0. The van der Waals surface area contributed by atoms with Gasteiger partial charge in [-0.25, -0.2) is 0 Å². The monoisotopic (exact) mass is 944 g/mol. The quantitative estimate of drug-likeness (QED) is 0.0149. The molecule has 1 amide bonds. The van der Waals surface area contributed by atoms with Gasteiger partial charge in [0, 0.05) is 6.42 Å². The molecule has 1 rings (SSSR count). The van der Waals surface area contributed by atoms with Crippen molar-refractivity contribution >= 4 is 11.9 Å². The molecule has 1 aliphatic heterocycles. The van der Waals surface area contributed by atoms with Crippen molar-refractivity contribution in [2.45, 2.75) is 256 Å². The average Bonchev–Trinajstić information content (AvgIpc) is 3.32. The lowest BCUT2D eigenvalue weighted by molar-refractivity contribution is -0.305. The molecule has 0 aliphatic carbocycles. The van der Waals surface area contributed by atoms with Gasteiger partial charge in [0.05, 0.1) is 25.4 Å². The van der Waals surface area contributed by atoms with E-state index < -0.39 is 67.4 Å². The van der Waals surface area contributed by atoms with E-state index in [0.29, 0.717) is 12.8 Å². The SMILES string of the molecule is CC/C=C/C=C/C=C\C=C/C=C/CCCCC(O)C(=O)NC(COC1OC(CO)C(O)C(O)C1OC(=O)CCCCCCCCCCCCCCC)C(O)/C=C/CCCCCCCCCCC. The summed E-state index contributed by atoms with van der Waals surface area (Å²) >= 11 is 0. The van der Waals surface area contributed by atoms with Crippen molar-refractivity contribution in [3.05, 3.63) is 72.9 Å². The fraction of sp³-hybridized carbons (Fsp3) is 0.750. The van der Waals surface area contributed by atoms with E-state index in [-0.39, 0.29) is 19.4 Å². The van der Waals surface area contributed by atoms with Crippen LogP contribution in [0.3, 0.4) is 0 Å². The van der Waals surface area contributed by atoms with Crippen LogP contribution in [0.2, 0.25) is 0 Å². The van der Waals surface area contributed by atoms with Gasteiger partial charge in [-0.1, -0.05) is 229 Å². The summed E-state index contributed by atoms with van der Waals surface area (Å²) in [5, 5.41) is 56.6. The molecule has 0 aromatic rings. The van der Waals surface area contributed by atoms with Crippen LogP contribution < -0.4 is 5.32 Å². The van der Waals surface area contributed by atoms with Gasteiger partial charge in [-0.2, -0.15) is 0 Å². The minimum Gasteiger partial charge on any atom is -0.454 e. The lowest BCUT2D eigenvalue weighted by atomic mass is 9.99. The highest BCUT2D eigenvalue weighted by molar-refractivity contribution is 5.80. The molecule has 0 aromatic heterocycles. The molecule has 8 unspecified atom stereocenters. The van der Waals surface area contributed by atoms with Gasteiger partial charge >= 0.3 is 5.97 Å². The van der Waals surface area contributed by atoms with E-state index in [1.807, 2.05) is 60.8 Å². The number of allylic oxidation sites excluding steroid dienone is 11. The van der Waals surface area contributed by atoms with Crippen molar-refractivity contribution in [2.75, 3.05) is 13.2 Å². The van der Waals surface area contributed by atoms with Gasteiger partial charge in [-0.15, -0.1) is 0 Å². The Hall–Kier alpha value is -2.90. The number of carbonyl (C=O) groups excluding carboxylic acids is 2. The number of hydrogen-bond acceptors (Lipinski definition) is 10. The van der Waals surface area contributed by atoms with E-state index in [4.69, 9.17) is 14.2 Å². The Labute approximate surface area is 407 Å². The van der Waals surface area contributed by atoms with Crippen LogP contribution in [0.25, 0.3) is 0 Å². The van der Waals surface area contributed by atoms with E-state index in [2.05, 4.69) is 32.2 Å². The number of aliphatic hydroxyl groups is 5. The minimum atomic E-state index is -1.62. The highest BCUT2D eigenvalue weighted by Crippen LogP contribution is 2.26. The van der Waals surface area contributed by atoms with E-state index in [9.17, 15) is 35.1 Å². The molecule has 0 saturated carbocycles. The van der Waals surface area contributed by atoms with Gasteiger partial charge in [-0.05, 0) is 44.9 Å². The van der Waals surface area contributed by atoms with Gasteiger partial charge in [-0.3, -0.25) is 9.59 Å². The maximum atomic E-state index is 13.3. The molecule has 8 atom stereocenters. The Morgan fingerprint density at radius 2 is 1.07 bits per heavy atom. The van der Waals surface area contributed by atoms with E-state index in [1.165, 1.54) is 96.3 Å². The molecule has 1 saturated heterocycles. The van der Waals surface area contributed by atoms with Crippen LogP contribution >= 0.6 is 0 Å². The molecule has 11 heteroatoms. The summed E-state index contributed by atoms with van der Waals surface area (Å²) in [5.74, 6) is -1.24. The second kappa shape index (κ2) is 44.3. The summed E-state index contributed by atoms with van der Waals surface area (Å²) in [6.45, 7) is 5.57. The van der Waals surface area contributed by atoms with Crippen LogP contribution in [0.15, 0.2) is 72.9 Å². The number of ether oxygens (including phenoxy) is 3. The second-order valence-electron chi connectivity index (χ2n) is 18.4. The van der Waals surface area contributed by atoms with Gasteiger partial charge in [0.25, 0.3) is 0 Å². The summed E-state index contributed by atoms with van der Waals surface area (Å²) in [5.41, 5.74) is 0. The molecule has 0 spiro atoms. The molecule has 0 aromatic carbocycles. The number of aliphatic hydroxyl groups excluding tert-OH is 5. The Balaban J connectivity index is 2.81. The van der Waals surface area contributed by atoms with Gasteiger partial charge in [0.1, 0.15) is 24.4 Å². The Morgan fingerprint density at radius 1 is 0.597 bits per heavy atom. The average molecular weight is 944 g/mol. The second-order valence-corrected chi connectivity index (χ2v) is 18.4. The third-order valence-corrected chi connectivity index (χ3v) is 12.3. The van der Waals surface area contributed by atoms with Crippen molar-refractivity contribution in [1.82, 2.24) is 5.32 Å². The van der Waals surface area contributed by atoms with E-state index in [1.54, 1.807) is 6.08 Å². The number of hydrogen-bond donors (Lipinski definition) is 6. The van der Waals surface area contributed by atoms with Gasteiger partial charge < -0.3 is 45.1 Å². The summed E-state index contributed by atoms with van der Waals surface area (Å²) in [7, 11) is 0. The summed E-state index contributed by atoms with van der Waals surface area (Å²) in [4.78, 5) is 26.3. The van der Waals surface area contributed by atoms with Crippen LogP contribution in [0.4, 0.5) is 0 Å². The summed E-state index contributed by atoms with van der Waals surface area (Å²) in [6.07, 6.45) is 43.8. The number of nitrogens with one attached hydrogen (secondary N) is 1. The minimum absolute atomic E-state index is 0.118. The topological polar surface area (TPSA) is 175 Å². The summed E-state index contributed by atoms with van der Waals surface area (Å²) in [6, 6.07) is -1.05. The molecule has 1 heterocycles. The lowest BCUT2D eigenvalue weighted by Gasteiger charge is -2.41. The Morgan fingerprint density at radius 3 is 1.61 bits per heavy atom. The lowest BCUT2D eigenvalue weighted by Crippen LogP contribution is -2.61. The van der Waals surface area contributed by atoms with Gasteiger partial charge in [0.2, 0.25) is 5.91 Å². The largest absolute Gasteiger partial charge is 0.454 e. The molecule has 0 bridgehead atoms. The first-order chi connectivity index (χ1) is 32.7. The van der Waals surface area contributed by atoms with Gasteiger partial charge in [0.15, 0.2) is 12.4 Å². The first kappa shape index (κ1) is 62.1. The Bertz CT molecular complexity index is 1360. The maximum absolute atomic E-state index is 13.3. The third kappa shape index (κ3) is 33.3. The predicted molar refractivity (Wildman–Crippen MR) is 273 cm³/mol. The zero-order valence-corrected chi connectivity index (χ0v) is 42.2. The first-order valence-electron chi connectivity index (χ1n) is 26.8. The smallest absolute Gasteiger partial charge is 0.306 e. The number of amides is 1. The molecular formula is C56H97NO10. The van der Waals surface area contributed by atoms with Crippen LogP contribution in [0, 0.1) is 0 Å². The molecule has 6 N–H and O–H groups in total. The van der Waals surface area contributed by atoms with Crippen molar-refractivity contribution < 1.29 is 49.3 Å². The standard InChI is InChI=1S/C56H97NO10/c1-4-7-10-13-16-19-22-24-26-28-31-34-37-40-43-49(60)55(64)57-47(48(59)42-39-36-33-30-27-21-18-15-12-9-6-3)46-65-56-54(53(63)52(62)50(45-58)66-56)67-51(61)44-41-38-35-32-29-25-23-20-17-14-11-8-5-2/h7,10,13,16,19,22,24,26,28,31,39,42,47-50,52-54,56,58-60,62-63H,4-6,8-9,11-12,14-15,17-18,20-21,23,25,27,29-30,32-38,40-41,43-46H2,1-3H3,(H,57,64)/b10-7+,16-13+,22-19-,26-24-,31-28+,42-39+. The maximum Gasteiger partial charge on any atom is 0.306 e. The van der Waals surface area contributed by atoms with Crippen LogP contribution in [-0.2, 0) is 23.8 Å². The van der Waals surface area contributed by atoms with Crippen molar-refractivity contribution in [3.8, 4) is 0 Å². The van der Waals surface area contributed by atoms with Crippen molar-refractivity contribution in [2.24, 2.45) is 0 Å². The highest BCUT2D eigenvalue weighted by Gasteiger charge is 2.47. The summed E-state index contributed by atoms with van der Waals surface area (Å²) < 4.78 is 17.5. The highest BCUT2D eigenvalue weighted by atomic mass is 16.7. The molecule has 1 fully saturated rings. The normalized spacial score (nSPS) is 20.6. The number of esters is 1. The zero-order valence-electron chi connectivity index (χ0n) is 42.2. The van der Waals surface area contributed by atoms with E-state index in [0.717, 1.165) is 64.2 Å². The molecule has 1 aliphatic rings. The number of carbonyl (C=O) groups is 2. The fourth-order valence-electron chi connectivity index (χ4n) is 7.96.